The van der Waals surface area contributed by atoms with Crippen molar-refractivity contribution < 1.29 is 17.6 Å². The van der Waals surface area contributed by atoms with Crippen LogP contribution < -0.4 is 20.9 Å². The number of anilines is 1. The van der Waals surface area contributed by atoms with Crippen LogP contribution in [0, 0.1) is 13.8 Å². The standard InChI is InChI=1S/C21H21ClN4O4S2/c1-13-5-7-16(10-14(13)2)24-21(31)26-25-20(27)15-6-8-18(22)19(11-15)32(28,29)23-12-17-4-3-9-30-17/h3-11,23H,12H2,1-2H3,(H,25,27)(H2,24,26,31). The Morgan fingerprint density at radius 1 is 1.06 bits per heavy atom. The number of hydrogen-bond donors (Lipinski definition) is 4. The molecule has 0 unspecified atom stereocenters. The van der Waals surface area contributed by atoms with Crippen LogP contribution in [0.4, 0.5) is 5.69 Å². The lowest BCUT2D eigenvalue weighted by Gasteiger charge is -2.13. The van der Waals surface area contributed by atoms with Gasteiger partial charge in [-0.15, -0.1) is 0 Å². The van der Waals surface area contributed by atoms with Crippen molar-refractivity contribution in [3.05, 3.63) is 82.3 Å². The molecule has 11 heteroatoms. The molecule has 0 fully saturated rings. The second kappa shape index (κ2) is 10.1. The number of carbonyl (C=O) groups excluding carboxylic acids is 1. The number of hydrazine groups is 1. The first kappa shape index (κ1) is 23.7. The van der Waals surface area contributed by atoms with Crippen LogP contribution in [0.25, 0.3) is 0 Å². The van der Waals surface area contributed by atoms with E-state index < -0.39 is 15.9 Å². The molecular formula is C21H21ClN4O4S2. The maximum Gasteiger partial charge on any atom is 0.269 e. The molecule has 32 heavy (non-hydrogen) atoms. The number of halogens is 1. The summed E-state index contributed by atoms with van der Waals surface area (Å²) in [6.07, 6.45) is 1.44. The predicted molar refractivity (Wildman–Crippen MR) is 127 cm³/mol. The number of thiocarbonyl (C=S) groups is 1. The summed E-state index contributed by atoms with van der Waals surface area (Å²) >= 11 is 11.3. The molecule has 8 nitrogen and oxygen atoms in total. The molecule has 0 bridgehead atoms. The number of carbonyl (C=O) groups is 1. The van der Waals surface area contributed by atoms with Crippen molar-refractivity contribution in [2.45, 2.75) is 25.3 Å². The van der Waals surface area contributed by atoms with E-state index in [0.717, 1.165) is 16.8 Å². The number of hydrogen-bond acceptors (Lipinski definition) is 5. The molecule has 0 spiro atoms. The lowest BCUT2D eigenvalue weighted by Crippen LogP contribution is -2.43. The van der Waals surface area contributed by atoms with Crippen molar-refractivity contribution in [1.29, 1.82) is 0 Å². The summed E-state index contributed by atoms with van der Waals surface area (Å²) in [5, 5.41) is 3.11. The van der Waals surface area contributed by atoms with Gasteiger partial charge in [0.2, 0.25) is 10.0 Å². The van der Waals surface area contributed by atoms with Crippen molar-refractivity contribution in [1.82, 2.24) is 15.6 Å². The average molecular weight is 493 g/mol. The molecule has 1 aromatic heterocycles. The Hall–Kier alpha value is -2.92. The lowest BCUT2D eigenvalue weighted by atomic mass is 10.1. The Morgan fingerprint density at radius 2 is 1.84 bits per heavy atom. The van der Waals surface area contributed by atoms with Crippen LogP contribution in [0.5, 0.6) is 0 Å². The van der Waals surface area contributed by atoms with Gasteiger partial charge >= 0.3 is 0 Å². The maximum absolute atomic E-state index is 12.6. The number of sulfonamides is 1. The van der Waals surface area contributed by atoms with Crippen LogP contribution in [0.2, 0.25) is 5.02 Å². The number of aryl methyl sites for hydroxylation is 2. The first-order valence-corrected chi connectivity index (χ1v) is 11.7. The van der Waals surface area contributed by atoms with Crippen molar-refractivity contribution >= 4 is 50.5 Å². The largest absolute Gasteiger partial charge is 0.468 e. The first-order valence-electron chi connectivity index (χ1n) is 9.42. The molecule has 168 valence electrons. The monoisotopic (exact) mass is 492 g/mol. The minimum atomic E-state index is -3.98. The number of amides is 1. The number of nitrogens with one attached hydrogen (secondary N) is 4. The molecule has 0 saturated heterocycles. The third kappa shape index (κ3) is 6.07. The Balaban J connectivity index is 1.64. The quantitative estimate of drug-likeness (QED) is 0.307. The van der Waals surface area contributed by atoms with Gasteiger partial charge in [-0.25, -0.2) is 13.1 Å². The van der Waals surface area contributed by atoms with Gasteiger partial charge in [-0.1, -0.05) is 17.7 Å². The summed E-state index contributed by atoms with van der Waals surface area (Å²) in [5.41, 5.74) is 8.11. The maximum atomic E-state index is 12.6. The smallest absolute Gasteiger partial charge is 0.269 e. The molecular weight excluding hydrogens is 472 g/mol. The Morgan fingerprint density at radius 3 is 2.53 bits per heavy atom. The van der Waals surface area contributed by atoms with E-state index in [2.05, 4.69) is 20.9 Å². The molecule has 0 aliphatic rings. The van der Waals surface area contributed by atoms with Crippen LogP contribution >= 0.6 is 23.8 Å². The summed E-state index contributed by atoms with van der Waals surface area (Å²) < 4.78 is 32.8. The summed E-state index contributed by atoms with van der Waals surface area (Å²) in [6.45, 7) is 3.93. The Labute approximate surface area is 196 Å². The first-order chi connectivity index (χ1) is 15.2. The normalized spacial score (nSPS) is 11.1. The van der Waals surface area contributed by atoms with E-state index in [1.165, 1.54) is 24.5 Å². The third-order valence-corrected chi connectivity index (χ3v) is 6.64. The molecule has 3 rings (SSSR count). The average Bonchev–Trinajstić information content (AvgIpc) is 3.27. The fourth-order valence-electron chi connectivity index (χ4n) is 2.67. The van der Waals surface area contributed by atoms with Crippen molar-refractivity contribution in [3.63, 3.8) is 0 Å². The van der Waals surface area contributed by atoms with Gasteiger partial charge in [0.15, 0.2) is 5.11 Å². The van der Waals surface area contributed by atoms with Gasteiger partial charge < -0.3 is 9.73 Å². The Bertz CT molecular complexity index is 1240. The number of rotatable bonds is 6. The van der Waals surface area contributed by atoms with Crippen molar-refractivity contribution in [2.24, 2.45) is 0 Å². The highest BCUT2D eigenvalue weighted by atomic mass is 35.5. The van der Waals surface area contributed by atoms with E-state index in [1.807, 2.05) is 32.0 Å². The molecule has 0 atom stereocenters. The molecule has 4 N–H and O–H groups in total. The van der Waals surface area contributed by atoms with Gasteiger partial charge in [-0.2, -0.15) is 0 Å². The molecule has 2 aromatic carbocycles. The third-order valence-electron chi connectivity index (χ3n) is 4.55. The fourth-order valence-corrected chi connectivity index (χ4v) is 4.36. The second-order valence-corrected chi connectivity index (χ2v) is 9.43. The van der Waals surface area contributed by atoms with Gasteiger partial charge in [0, 0.05) is 11.3 Å². The van der Waals surface area contributed by atoms with Crippen LogP contribution in [-0.2, 0) is 16.6 Å². The lowest BCUT2D eigenvalue weighted by molar-refractivity contribution is 0.0944. The molecule has 1 heterocycles. The highest BCUT2D eigenvalue weighted by Crippen LogP contribution is 2.23. The molecule has 0 aliphatic heterocycles. The van der Waals surface area contributed by atoms with Gasteiger partial charge in [0.05, 0.1) is 17.8 Å². The van der Waals surface area contributed by atoms with Crippen molar-refractivity contribution in [2.75, 3.05) is 5.32 Å². The second-order valence-electron chi connectivity index (χ2n) is 6.88. The van der Waals surface area contributed by atoms with Crippen LogP contribution in [0.1, 0.15) is 27.2 Å². The van der Waals surface area contributed by atoms with Gasteiger partial charge in [-0.05, 0) is 79.7 Å². The topological polar surface area (TPSA) is 112 Å². The molecule has 1 amide bonds. The minimum Gasteiger partial charge on any atom is -0.468 e. The van der Waals surface area contributed by atoms with E-state index in [4.69, 9.17) is 28.2 Å². The molecule has 3 aromatic rings. The van der Waals surface area contributed by atoms with Crippen LogP contribution in [0.15, 0.2) is 64.1 Å². The van der Waals surface area contributed by atoms with Crippen LogP contribution in [0.3, 0.4) is 0 Å². The number of furan rings is 1. The van der Waals surface area contributed by atoms with E-state index in [9.17, 15) is 13.2 Å². The van der Waals surface area contributed by atoms with Gasteiger partial charge in [0.1, 0.15) is 10.7 Å². The summed E-state index contributed by atoms with van der Waals surface area (Å²) in [6, 6.07) is 13.0. The number of benzene rings is 2. The van der Waals surface area contributed by atoms with E-state index in [0.29, 0.717) is 5.76 Å². The predicted octanol–water partition coefficient (Wildman–Crippen LogP) is 3.66. The zero-order valence-corrected chi connectivity index (χ0v) is 19.6. The van der Waals surface area contributed by atoms with E-state index >= 15 is 0 Å². The summed E-state index contributed by atoms with van der Waals surface area (Å²) in [4.78, 5) is 12.3. The highest BCUT2D eigenvalue weighted by Gasteiger charge is 2.20. The molecule has 0 radical (unpaired) electrons. The fraction of sp³-hybridized carbons (Fsp3) is 0.143. The van der Waals surface area contributed by atoms with Crippen LogP contribution in [-0.4, -0.2) is 19.4 Å². The van der Waals surface area contributed by atoms with Gasteiger partial charge in [0.25, 0.3) is 5.91 Å². The summed E-state index contributed by atoms with van der Waals surface area (Å²) in [7, 11) is -3.98. The zero-order chi connectivity index (χ0) is 23.3. The molecule has 0 aliphatic carbocycles. The minimum absolute atomic E-state index is 0.0200. The van der Waals surface area contributed by atoms with Crippen molar-refractivity contribution in [3.8, 4) is 0 Å². The molecule has 0 saturated carbocycles. The summed E-state index contributed by atoms with van der Waals surface area (Å²) in [5.74, 6) is -0.152. The highest BCUT2D eigenvalue weighted by molar-refractivity contribution is 7.89. The SMILES string of the molecule is Cc1ccc(NC(=S)NNC(=O)c2ccc(Cl)c(S(=O)(=O)NCc3ccco3)c2)cc1C. The zero-order valence-electron chi connectivity index (χ0n) is 17.2. The Kier molecular flexibility index (Phi) is 7.52. The van der Waals surface area contributed by atoms with E-state index in [1.54, 1.807) is 12.1 Å². The van der Waals surface area contributed by atoms with Gasteiger partial charge in [-0.3, -0.25) is 15.6 Å². The van der Waals surface area contributed by atoms with E-state index in [-0.39, 0.29) is 27.1 Å².